The van der Waals surface area contributed by atoms with Crippen LogP contribution in [0.15, 0.2) is 0 Å². The van der Waals surface area contributed by atoms with Crippen LogP contribution >= 0.6 is 0 Å². The van der Waals surface area contributed by atoms with Crippen LogP contribution in [-0.4, -0.2) is 48.1 Å². The Morgan fingerprint density at radius 1 is 0.684 bits per heavy atom. The first-order chi connectivity index (χ1) is 9.42. The van der Waals surface area contributed by atoms with E-state index in [9.17, 15) is 0 Å². The Morgan fingerprint density at radius 3 is 2.26 bits per heavy atom. The number of fused-ring (bicyclic) bond motifs is 6. The van der Waals surface area contributed by atoms with E-state index in [2.05, 4.69) is 9.80 Å². The molecule has 2 bridgehead atoms. The van der Waals surface area contributed by atoms with E-state index in [1.807, 2.05) is 0 Å². The molecule has 0 aromatic rings. The van der Waals surface area contributed by atoms with Crippen molar-refractivity contribution in [3.63, 3.8) is 0 Å². The van der Waals surface area contributed by atoms with Crippen LogP contribution in [0.5, 0.6) is 0 Å². The molecule has 0 aromatic carbocycles. The van der Waals surface area contributed by atoms with Gasteiger partial charge in [0.2, 0.25) is 0 Å². The van der Waals surface area contributed by atoms with Crippen molar-refractivity contribution in [2.75, 3.05) is 26.2 Å². The number of hydrogen-bond donors (Lipinski definition) is 0. The lowest BCUT2D eigenvalue weighted by molar-refractivity contribution is 0.127. The lowest BCUT2D eigenvalue weighted by Gasteiger charge is -2.36. The average Bonchev–Trinajstić information content (AvgIpc) is 2.97. The molecule has 5 aliphatic rings. The van der Waals surface area contributed by atoms with Crippen molar-refractivity contribution in [2.45, 2.75) is 57.0 Å². The Hall–Kier alpha value is -0.0800. The first-order valence-corrected chi connectivity index (χ1v) is 8.90. The van der Waals surface area contributed by atoms with E-state index in [0.29, 0.717) is 0 Å². The van der Waals surface area contributed by atoms with Crippen molar-refractivity contribution in [3.8, 4) is 0 Å². The summed E-state index contributed by atoms with van der Waals surface area (Å²) in [6.07, 6.45) is 10.6. The number of piperidine rings is 1. The molecule has 2 aliphatic heterocycles. The zero-order valence-corrected chi connectivity index (χ0v) is 12.1. The van der Waals surface area contributed by atoms with Gasteiger partial charge in [-0.3, -0.25) is 9.80 Å². The van der Waals surface area contributed by atoms with Crippen molar-refractivity contribution in [1.82, 2.24) is 9.80 Å². The van der Waals surface area contributed by atoms with Gasteiger partial charge in [-0.1, -0.05) is 6.42 Å². The smallest absolute Gasteiger partial charge is 0.0223 e. The minimum Gasteiger partial charge on any atom is -0.299 e. The predicted molar refractivity (Wildman–Crippen MR) is 77.0 cm³/mol. The van der Waals surface area contributed by atoms with Gasteiger partial charge < -0.3 is 0 Å². The summed E-state index contributed by atoms with van der Waals surface area (Å²) in [5.41, 5.74) is 0. The molecule has 5 atom stereocenters. The summed E-state index contributed by atoms with van der Waals surface area (Å²) in [6.45, 7) is 5.60. The van der Waals surface area contributed by atoms with Gasteiger partial charge in [-0.2, -0.15) is 0 Å². The van der Waals surface area contributed by atoms with Crippen molar-refractivity contribution in [2.24, 2.45) is 23.7 Å². The van der Waals surface area contributed by atoms with Gasteiger partial charge in [-0.15, -0.1) is 0 Å². The van der Waals surface area contributed by atoms with E-state index in [4.69, 9.17) is 0 Å². The largest absolute Gasteiger partial charge is 0.299 e. The van der Waals surface area contributed by atoms with Crippen LogP contribution in [0.25, 0.3) is 0 Å². The molecule has 5 fully saturated rings. The predicted octanol–water partition coefficient (Wildman–Crippen LogP) is 2.59. The Kier molecular flexibility index (Phi) is 2.56. The van der Waals surface area contributed by atoms with Crippen LogP contribution < -0.4 is 0 Å². The number of nitrogens with zero attached hydrogens (tertiary/aromatic N) is 2. The number of hydrogen-bond acceptors (Lipinski definition) is 2. The summed E-state index contributed by atoms with van der Waals surface area (Å²) in [6, 6.07) is 1.95. The molecule has 19 heavy (non-hydrogen) atoms. The third-order valence-electron chi connectivity index (χ3n) is 7.20. The maximum Gasteiger partial charge on any atom is 0.0223 e. The summed E-state index contributed by atoms with van der Waals surface area (Å²) >= 11 is 0. The number of rotatable bonds is 1. The van der Waals surface area contributed by atoms with E-state index in [1.165, 1.54) is 51.9 Å². The highest BCUT2D eigenvalue weighted by Gasteiger charge is 2.66. The fraction of sp³-hybridized carbons (Fsp3) is 1.00. The van der Waals surface area contributed by atoms with Gasteiger partial charge in [-0.05, 0) is 81.8 Å². The van der Waals surface area contributed by atoms with Gasteiger partial charge >= 0.3 is 0 Å². The first kappa shape index (κ1) is 11.6. The van der Waals surface area contributed by atoms with Gasteiger partial charge in [0.05, 0.1) is 0 Å². The van der Waals surface area contributed by atoms with Crippen LogP contribution in [-0.2, 0) is 0 Å². The first-order valence-electron chi connectivity index (χ1n) is 8.90. The molecule has 5 rings (SSSR count). The van der Waals surface area contributed by atoms with Crippen molar-refractivity contribution in [1.29, 1.82) is 0 Å². The van der Waals surface area contributed by atoms with Crippen LogP contribution in [0, 0.1) is 23.7 Å². The fourth-order valence-corrected chi connectivity index (χ4v) is 6.44. The summed E-state index contributed by atoms with van der Waals surface area (Å²) in [5, 5.41) is 0. The molecule has 2 heterocycles. The summed E-state index contributed by atoms with van der Waals surface area (Å²) in [4.78, 5) is 5.77. The van der Waals surface area contributed by atoms with Crippen LogP contribution in [0.2, 0.25) is 0 Å². The monoisotopic (exact) mass is 260 g/mol. The second-order valence-corrected chi connectivity index (χ2v) is 8.01. The van der Waals surface area contributed by atoms with E-state index in [-0.39, 0.29) is 0 Å². The minimum atomic E-state index is 0.912. The lowest BCUT2D eigenvalue weighted by Crippen LogP contribution is -2.45. The van der Waals surface area contributed by atoms with Crippen LogP contribution in [0.3, 0.4) is 0 Å². The molecule has 106 valence electrons. The molecule has 0 spiro atoms. The molecule has 0 amide bonds. The zero-order chi connectivity index (χ0) is 12.4. The minimum absolute atomic E-state index is 0.912. The SMILES string of the molecule is C1CCN2CCCN(C3C4C5CCC(C5)C43)CC2C1. The van der Waals surface area contributed by atoms with E-state index in [1.54, 1.807) is 19.3 Å². The molecule has 2 nitrogen and oxygen atoms in total. The molecule has 2 heteroatoms. The molecule has 2 saturated heterocycles. The highest BCUT2D eigenvalue weighted by Crippen LogP contribution is 2.67. The van der Waals surface area contributed by atoms with E-state index < -0.39 is 0 Å². The Morgan fingerprint density at radius 2 is 1.42 bits per heavy atom. The maximum absolute atomic E-state index is 2.95. The van der Waals surface area contributed by atoms with Gasteiger partial charge in [0.1, 0.15) is 0 Å². The Balaban J connectivity index is 1.31. The molecule has 0 aromatic heterocycles. The lowest BCUT2D eigenvalue weighted by atomic mass is 10.0. The molecular formula is C17H28N2. The summed E-state index contributed by atoms with van der Waals surface area (Å²) in [5.74, 6) is 4.58. The topological polar surface area (TPSA) is 6.48 Å². The molecule has 3 aliphatic carbocycles. The highest BCUT2D eigenvalue weighted by molar-refractivity contribution is 5.17. The normalized spacial score (nSPS) is 53.7. The maximum atomic E-state index is 2.95. The van der Waals surface area contributed by atoms with Crippen molar-refractivity contribution >= 4 is 0 Å². The van der Waals surface area contributed by atoms with Gasteiger partial charge in [0.25, 0.3) is 0 Å². The highest BCUT2D eigenvalue weighted by atomic mass is 15.3. The van der Waals surface area contributed by atoms with Crippen molar-refractivity contribution < 1.29 is 0 Å². The van der Waals surface area contributed by atoms with E-state index >= 15 is 0 Å². The van der Waals surface area contributed by atoms with Crippen molar-refractivity contribution in [3.05, 3.63) is 0 Å². The van der Waals surface area contributed by atoms with Gasteiger partial charge in [-0.25, -0.2) is 0 Å². The average molecular weight is 260 g/mol. The fourth-order valence-electron chi connectivity index (χ4n) is 6.44. The molecule has 0 radical (unpaired) electrons. The van der Waals surface area contributed by atoms with Crippen LogP contribution in [0.4, 0.5) is 0 Å². The summed E-state index contributed by atoms with van der Waals surface area (Å²) < 4.78 is 0. The molecule has 3 saturated carbocycles. The molecule has 5 unspecified atom stereocenters. The van der Waals surface area contributed by atoms with E-state index in [0.717, 1.165) is 35.8 Å². The van der Waals surface area contributed by atoms with Gasteiger partial charge in [0, 0.05) is 18.6 Å². The molecule has 0 N–H and O–H groups in total. The second-order valence-electron chi connectivity index (χ2n) is 8.01. The molecular weight excluding hydrogens is 232 g/mol. The Labute approximate surface area is 117 Å². The third kappa shape index (κ3) is 1.68. The second kappa shape index (κ2) is 4.21. The zero-order valence-electron chi connectivity index (χ0n) is 12.1. The standard InChI is InChI=1S/C17H28N2/c1-2-7-18-8-3-9-19(11-14(18)4-1)17-15-12-5-6-13(10-12)16(15)17/h12-17H,1-11H2. The quantitative estimate of drug-likeness (QED) is 0.715. The third-order valence-corrected chi connectivity index (χ3v) is 7.20. The van der Waals surface area contributed by atoms with Gasteiger partial charge in [0.15, 0.2) is 0 Å². The Bertz CT molecular complexity index is 352. The van der Waals surface area contributed by atoms with Crippen LogP contribution in [0.1, 0.15) is 44.9 Å². The summed E-state index contributed by atoms with van der Waals surface area (Å²) in [7, 11) is 0.